The summed E-state index contributed by atoms with van der Waals surface area (Å²) in [4.78, 5) is 12.8. The van der Waals surface area contributed by atoms with Gasteiger partial charge in [0.25, 0.3) is 10.0 Å². The van der Waals surface area contributed by atoms with Gasteiger partial charge in [0.05, 0.1) is 10.6 Å². The Morgan fingerprint density at radius 2 is 1.70 bits per heavy atom. The molecule has 0 spiro atoms. The summed E-state index contributed by atoms with van der Waals surface area (Å²) in [5.74, 6) is 0.0715. The number of unbranched alkanes of at least 4 members (excludes halogenated alkanes) is 1. The van der Waals surface area contributed by atoms with Crippen molar-refractivity contribution in [3.63, 3.8) is 0 Å². The molecule has 0 aliphatic carbocycles. The van der Waals surface area contributed by atoms with Gasteiger partial charge >= 0.3 is 0 Å². The zero-order valence-electron chi connectivity index (χ0n) is 17.9. The number of anilines is 1. The van der Waals surface area contributed by atoms with Gasteiger partial charge in [0.15, 0.2) is 0 Å². The summed E-state index contributed by atoms with van der Waals surface area (Å²) in [6.45, 7) is 6.40. The lowest BCUT2D eigenvalue weighted by molar-refractivity contribution is -0.119. The van der Waals surface area contributed by atoms with E-state index in [0.717, 1.165) is 35.6 Å². The average Bonchev–Trinajstić information content (AvgIpc) is 2.73. The maximum absolute atomic E-state index is 13.3. The third-order valence-electron chi connectivity index (χ3n) is 5.14. The Hall–Kier alpha value is -2.05. The summed E-state index contributed by atoms with van der Waals surface area (Å²) in [7, 11) is -3.91. The van der Waals surface area contributed by atoms with Crippen LogP contribution < -0.4 is 9.62 Å². The highest BCUT2D eigenvalue weighted by molar-refractivity contribution is 7.92. The van der Waals surface area contributed by atoms with Gasteiger partial charge < -0.3 is 5.32 Å². The maximum Gasteiger partial charge on any atom is 0.264 e. The Morgan fingerprint density at radius 1 is 1.07 bits per heavy atom. The van der Waals surface area contributed by atoms with E-state index in [0.29, 0.717) is 23.2 Å². The molecule has 0 heterocycles. The fourth-order valence-corrected chi connectivity index (χ4v) is 4.69. The molecule has 0 bridgehead atoms. The zero-order chi connectivity index (χ0) is 22.1. The van der Waals surface area contributed by atoms with Crippen molar-refractivity contribution in [2.75, 3.05) is 17.4 Å². The summed E-state index contributed by atoms with van der Waals surface area (Å²) in [5, 5.41) is 3.41. The number of nitrogens with zero attached hydrogens (tertiary/aromatic N) is 1. The molecule has 164 valence electrons. The van der Waals surface area contributed by atoms with E-state index in [9.17, 15) is 13.2 Å². The molecular formula is C23H31ClN2O3S. The van der Waals surface area contributed by atoms with Gasteiger partial charge in [-0.3, -0.25) is 9.10 Å². The van der Waals surface area contributed by atoms with Gasteiger partial charge in [-0.05, 0) is 55.7 Å². The highest BCUT2D eigenvalue weighted by Gasteiger charge is 2.27. The predicted octanol–water partition coefficient (Wildman–Crippen LogP) is 5.18. The van der Waals surface area contributed by atoms with Crippen LogP contribution in [0.15, 0.2) is 53.4 Å². The predicted molar refractivity (Wildman–Crippen MR) is 123 cm³/mol. The molecule has 5 nitrogen and oxygen atoms in total. The molecule has 1 amide bonds. The fraction of sp³-hybridized carbons (Fsp3) is 0.435. The number of sulfonamides is 1. The number of halogens is 1. The van der Waals surface area contributed by atoms with Gasteiger partial charge in [-0.25, -0.2) is 8.42 Å². The van der Waals surface area contributed by atoms with Crippen molar-refractivity contribution in [3.05, 3.63) is 59.1 Å². The van der Waals surface area contributed by atoms with Gasteiger partial charge in [-0.15, -0.1) is 0 Å². The Bertz CT molecular complexity index is 912. The molecule has 2 aromatic carbocycles. The van der Waals surface area contributed by atoms with Crippen molar-refractivity contribution in [1.82, 2.24) is 5.32 Å². The molecule has 0 fully saturated rings. The van der Waals surface area contributed by atoms with Crippen molar-refractivity contribution in [2.24, 2.45) is 5.92 Å². The molecule has 30 heavy (non-hydrogen) atoms. The standard InChI is InChI=1S/C23H31ClN2O3S/c1-4-6-7-19(5-2)16-25-23(27)17-26(21-12-10-20(24)11-13-21)30(28,29)22-14-8-18(3)9-15-22/h8-15,19H,4-7,16-17H2,1-3H3,(H,25,27)/t19-/m1/s1. The molecule has 0 aliphatic rings. The second kappa shape index (κ2) is 11.4. The number of amides is 1. The van der Waals surface area contributed by atoms with Crippen LogP contribution in [0.4, 0.5) is 5.69 Å². The number of carbonyl (C=O) groups is 1. The van der Waals surface area contributed by atoms with Crippen LogP contribution in [-0.2, 0) is 14.8 Å². The largest absolute Gasteiger partial charge is 0.354 e. The van der Waals surface area contributed by atoms with E-state index >= 15 is 0 Å². The van der Waals surface area contributed by atoms with Crippen LogP contribution in [0.1, 0.15) is 45.1 Å². The third-order valence-corrected chi connectivity index (χ3v) is 7.18. The van der Waals surface area contributed by atoms with Crippen LogP contribution in [0, 0.1) is 12.8 Å². The van der Waals surface area contributed by atoms with Crippen molar-refractivity contribution >= 4 is 33.2 Å². The number of nitrogens with one attached hydrogen (secondary N) is 1. The summed E-state index contributed by atoms with van der Waals surface area (Å²) in [6, 6.07) is 13.1. The Morgan fingerprint density at radius 3 is 2.27 bits per heavy atom. The van der Waals surface area contributed by atoms with Crippen LogP contribution in [0.2, 0.25) is 5.02 Å². The molecule has 0 aromatic heterocycles. The molecule has 2 rings (SSSR count). The monoisotopic (exact) mass is 450 g/mol. The van der Waals surface area contributed by atoms with E-state index in [4.69, 9.17) is 11.6 Å². The second-order valence-corrected chi connectivity index (χ2v) is 9.82. The van der Waals surface area contributed by atoms with Crippen molar-refractivity contribution in [3.8, 4) is 0 Å². The number of hydrogen-bond donors (Lipinski definition) is 1. The molecule has 0 unspecified atom stereocenters. The van der Waals surface area contributed by atoms with Crippen LogP contribution >= 0.6 is 11.6 Å². The molecule has 7 heteroatoms. The molecule has 0 radical (unpaired) electrons. The average molecular weight is 451 g/mol. The minimum atomic E-state index is -3.91. The minimum absolute atomic E-state index is 0.144. The Labute approximate surface area is 185 Å². The quantitative estimate of drug-likeness (QED) is 0.513. The summed E-state index contributed by atoms with van der Waals surface area (Å²) in [5.41, 5.74) is 1.36. The number of benzene rings is 2. The SMILES string of the molecule is CCCC[C@@H](CC)CNC(=O)CN(c1ccc(Cl)cc1)S(=O)(=O)c1ccc(C)cc1. The van der Waals surface area contributed by atoms with Gasteiger partial charge in [0, 0.05) is 11.6 Å². The fourth-order valence-electron chi connectivity index (χ4n) is 3.15. The van der Waals surface area contributed by atoms with Crippen LogP contribution in [0.25, 0.3) is 0 Å². The molecule has 0 saturated carbocycles. The number of hydrogen-bond acceptors (Lipinski definition) is 3. The lowest BCUT2D eigenvalue weighted by Crippen LogP contribution is -2.42. The van der Waals surface area contributed by atoms with E-state index in [-0.39, 0.29) is 17.3 Å². The van der Waals surface area contributed by atoms with Gasteiger partial charge in [-0.1, -0.05) is 62.4 Å². The van der Waals surface area contributed by atoms with Crippen LogP contribution in [-0.4, -0.2) is 27.4 Å². The molecule has 0 saturated heterocycles. The van der Waals surface area contributed by atoms with E-state index in [1.807, 2.05) is 6.92 Å². The topological polar surface area (TPSA) is 66.5 Å². The number of carbonyl (C=O) groups excluding carboxylic acids is 1. The first kappa shape index (κ1) is 24.2. The lowest BCUT2D eigenvalue weighted by Gasteiger charge is -2.25. The highest BCUT2D eigenvalue weighted by atomic mass is 35.5. The third kappa shape index (κ3) is 6.74. The van der Waals surface area contributed by atoms with E-state index < -0.39 is 10.0 Å². The summed E-state index contributed by atoms with van der Waals surface area (Å²) < 4.78 is 27.8. The Balaban J connectivity index is 2.23. The lowest BCUT2D eigenvalue weighted by atomic mass is 9.99. The number of rotatable bonds is 11. The molecule has 1 atom stereocenters. The van der Waals surface area contributed by atoms with Gasteiger partial charge in [0.1, 0.15) is 6.54 Å². The Kier molecular flexibility index (Phi) is 9.18. The van der Waals surface area contributed by atoms with E-state index in [1.165, 1.54) is 0 Å². The maximum atomic E-state index is 13.3. The first-order valence-electron chi connectivity index (χ1n) is 10.4. The van der Waals surface area contributed by atoms with E-state index in [2.05, 4.69) is 19.2 Å². The molecule has 0 aliphatic heterocycles. The van der Waals surface area contributed by atoms with Crippen molar-refractivity contribution in [2.45, 2.75) is 51.3 Å². The molecule has 2 aromatic rings. The van der Waals surface area contributed by atoms with Crippen molar-refractivity contribution in [1.29, 1.82) is 0 Å². The first-order valence-corrected chi connectivity index (χ1v) is 12.2. The van der Waals surface area contributed by atoms with Crippen molar-refractivity contribution < 1.29 is 13.2 Å². The minimum Gasteiger partial charge on any atom is -0.354 e. The summed E-state index contributed by atoms with van der Waals surface area (Å²) >= 11 is 5.97. The highest BCUT2D eigenvalue weighted by Crippen LogP contribution is 2.25. The molecule has 1 N–H and O–H groups in total. The van der Waals surface area contributed by atoms with Crippen LogP contribution in [0.5, 0.6) is 0 Å². The molecular weight excluding hydrogens is 420 g/mol. The van der Waals surface area contributed by atoms with Gasteiger partial charge in [-0.2, -0.15) is 0 Å². The van der Waals surface area contributed by atoms with E-state index in [1.54, 1.807) is 48.5 Å². The first-order chi connectivity index (χ1) is 14.3. The van der Waals surface area contributed by atoms with Gasteiger partial charge in [0.2, 0.25) is 5.91 Å². The zero-order valence-corrected chi connectivity index (χ0v) is 19.5. The number of aryl methyl sites for hydroxylation is 1. The summed E-state index contributed by atoms with van der Waals surface area (Å²) in [6.07, 6.45) is 4.26. The van der Waals surface area contributed by atoms with Crippen LogP contribution in [0.3, 0.4) is 0 Å². The smallest absolute Gasteiger partial charge is 0.264 e. The second-order valence-electron chi connectivity index (χ2n) is 7.52. The normalized spacial score (nSPS) is 12.4.